The molecule has 1 heterocycles. The Labute approximate surface area is 119 Å². The van der Waals surface area contributed by atoms with Gasteiger partial charge in [-0.3, -0.25) is 4.98 Å². The Morgan fingerprint density at radius 3 is 3.11 bits per heavy atom. The van der Waals surface area contributed by atoms with Gasteiger partial charge < -0.3 is 5.32 Å². The second-order valence-corrected chi connectivity index (χ2v) is 5.81. The Bertz CT molecular complexity index is 582. The predicted octanol–water partition coefficient (Wildman–Crippen LogP) is 4.88. The molecule has 0 bridgehead atoms. The van der Waals surface area contributed by atoms with E-state index in [2.05, 4.69) is 23.3 Å². The first kappa shape index (κ1) is 12.7. The normalized spacial score (nSPS) is 22.8. The molecule has 1 aliphatic carbocycles. The largest absolute Gasteiger partial charge is 0.380 e. The first-order valence-electron chi connectivity index (χ1n) is 7.08. The number of benzene rings is 1. The molecule has 0 spiro atoms. The molecular formula is C16H19ClN2. The lowest BCUT2D eigenvalue weighted by atomic mass is 10.0. The van der Waals surface area contributed by atoms with Crippen LogP contribution in [0, 0.1) is 5.92 Å². The quantitative estimate of drug-likeness (QED) is 0.863. The molecule has 0 radical (unpaired) electrons. The van der Waals surface area contributed by atoms with E-state index in [1.165, 1.54) is 25.7 Å². The smallest absolute Gasteiger partial charge is 0.0934 e. The minimum absolute atomic E-state index is 0.564. The Morgan fingerprint density at radius 2 is 2.26 bits per heavy atom. The van der Waals surface area contributed by atoms with Crippen LogP contribution in [-0.4, -0.2) is 11.0 Å². The summed E-state index contributed by atoms with van der Waals surface area (Å²) in [5.41, 5.74) is 2.10. The maximum Gasteiger partial charge on any atom is 0.0934 e. The van der Waals surface area contributed by atoms with Gasteiger partial charge in [-0.25, -0.2) is 0 Å². The molecule has 1 fully saturated rings. The molecule has 1 aromatic heterocycles. The van der Waals surface area contributed by atoms with Crippen LogP contribution in [0.4, 0.5) is 5.69 Å². The zero-order chi connectivity index (χ0) is 13.2. The second kappa shape index (κ2) is 5.38. The van der Waals surface area contributed by atoms with E-state index < -0.39 is 0 Å². The molecule has 2 aromatic rings. The Hall–Kier alpha value is -1.28. The molecule has 2 nitrogen and oxygen atoms in total. The summed E-state index contributed by atoms with van der Waals surface area (Å²) in [4.78, 5) is 4.49. The van der Waals surface area contributed by atoms with Gasteiger partial charge in [0.2, 0.25) is 0 Å². The van der Waals surface area contributed by atoms with E-state index in [1.807, 2.05) is 24.4 Å². The van der Waals surface area contributed by atoms with Crippen molar-refractivity contribution in [1.29, 1.82) is 0 Å². The fourth-order valence-corrected chi connectivity index (χ4v) is 3.41. The molecule has 3 heteroatoms. The van der Waals surface area contributed by atoms with Gasteiger partial charge in [0.1, 0.15) is 0 Å². The number of nitrogens with zero attached hydrogens (tertiary/aromatic N) is 1. The average Bonchev–Trinajstić information content (AvgIpc) is 2.86. The summed E-state index contributed by atoms with van der Waals surface area (Å²) in [5.74, 6) is 0.776. The Morgan fingerprint density at radius 1 is 1.37 bits per heavy atom. The van der Waals surface area contributed by atoms with Crippen molar-refractivity contribution in [3.8, 4) is 0 Å². The van der Waals surface area contributed by atoms with Crippen LogP contribution < -0.4 is 5.32 Å². The highest BCUT2D eigenvalue weighted by Crippen LogP contribution is 2.33. The predicted molar refractivity (Wildman–Crippen MR) is 81.8 cm³/mol. The molecule has 1 aliphatic rings. The number of nitrogens with one attached hydrogen (secondary N) is 1. The van der Waals surface area contributed by atoms with Crippen LogP contribution in [0.1, 0.15) is 32.6 Å². The highest BCUT2D eigenvalue weighted by molar-refractivity contribution is 6.31. The van der Waals surface area contributed by atoms with Crippen LogP contribution in [0.2, 0.25) is 5.02 Å². The van der Waals surface area contributed by atoms with E-state index in [-0.39, 0.29) is 0 Å². The monoisotopic (exact) mass is 274 g/mol. The molecule has 0 amide bonds. The molecule has 100 valence electrons. The summed E-state index contributed by atoms with van der Waals surface area (Å²) in [7, 11) is 0. The summed E-state index contributed by atoms with van der Waals surface area (Å²) in [6.45, 7) is 2.28. The molecule has 3 rings (SSSR count). The van der Waals surface area contributed by atoms with Gasteiger partial charge in [-0.15, -0.1) is 0 Å². The topological polar surface area (TPSA) is 24.9 Å². The number of hydrogen-bond acceptors (Lipinski definition) is 2. The number of pyridine rings is 1. The third-order valence-electron chi connectivity index (χ3n) is 4.19. The lowest BCUT2D eigenvalue weighted by molar-refractivity contribution is 0.489. The number of halogens is 1. The highest BCUT2D eigenvalue weighted by Gasteiger charge is 2.26. The highest BCUT2D eigenvalue weighted by atomic mass is 35.5. The Balaban J connectivity index is 1.96. The van der Waals surface area contributed by atoms with Gasteiger partial charge in [0, 0.05) is 22.6 Å². The maximum atomic E-state index is 6.21. The van der Waals surface area contributed by atoms with Crippen LogP contribution in [-0.2, 0) is 0 Å². The number of anilines is 1. The van der Waals surface area contributed by atoms with E-state index in [4.69, 9.17) is 11.6 Å². The zero-order valence-corrected chi connectivity index (χ0v) is 12.0. The van der Waals surface area contributed by atoms with Crippen LogP contribution >= 0.6 is 11.6 Å². The Kier molecular flexibility index (Phi) is 3.61. The lowest BCUT2D eigenvalue weighted by Gasteiger charge is -2.21. The molecule has 19 heavy (non-hydrogen) atoms. The summed E-state index contributed by atoms with van der Waals surface area (Å²) < 4.78 is 0. The summed E-state index contributed by atoms with van der Waals surface area (Å²) in [5, 5.41) is 5.55. The van der Waals surface area contributed by atoms with Gasteiger partial charge in [-0.2, -0.15) is 0 Å². The fraction of sp³-hybridized carbons (Fsp3) is 0.438. The van der Waals surface area contributed by atoms with Crippen LogP contribution in [0.3, 0.4) is 0 Å². The number of hydrogen-bond donors (Lipinski definition) is 1. The zero-order valence-electron chi connectivity index (χ0n) is 11.2. The molecule has 1 saturated carbocycles. The van der Waals surface area contributed by atoms with Crippen LogP contribution in [0.15, 0.2) is 30.5 Å². The first-order valence-corrected chi connectivity index (χ1v) is 7.46. The average molecular weight is 275 g/mol. The van der Waals surface area contributed by atoms with Gasteiger partial charge in [0.15, 0.2) is 0 Å². The standard InChI is InChI=1S/C16H19ClN2/c1-2-11-5-3-7-14(11)19-15-10-13(17)9-12-6-4-8-18-16(12)15/h4,6,8-11,14,19H,2-3,5,7H2,1H3. The molecule has 0 saturated heterocycles. The minimum atomic E-state index is 0.564. The van der Waals surface area contributed by atoms with Crippen molar-refractivity contribution < 1.29 is 0 Å². The van der Waals surface area contributed by atoms with Crippen LogP contribution in [0.5, 0.6) is 0 Å². The van der Waals surface area contributed by atoms with Crippen molar-refractivity contribution in [2.45, 2.75) is 38.6 Å². The van der Waals surface area contributed by atoms with Crippen molar-refractivity contribution in [1.82, 2.24) is 4.98 Å². The van der Waals surface area contributed by atoms with Crippen molar-refractivity contribution >= 4 is 28.2 Å². The maximum absolute atomic E-state index is 6.21. The minimum Gasteiger partial charge on any atom is -0.380 e. The fourth-order valence-electron chi connectivity index (χ4n) is 3.18. The van der Waals surface area contributed by atoms with E-state index >= 15 is 0 Å². The van der Waals surface area contributed by atoms with E-state index in [0.29, 0.717) is 6.04 Å². The third kappa shape index (κ3) is 2.55. The SMILES string of the molecule is CCC1CCCC1Nc1cc(Cl)cc2cccnc12. The third-order valence-corrected chi connectivity index (χ3v) is 4.41. The molecule has 0 aliphatic heterocycles. The molecular weight excluding hydrogens is 256 g/mol. The summed E-state index contributed by atoms with van der Waals surface area (Å²) >= 11 is 6.21. The van der Waals surface area contributed by atoms with Crippen molar-refractivity contribution in [2.24, 2.45) is 5.92 Å². The second-order valence-electron chi connectivity index (χ2n) is 5.38. The van der Waals surface area contributed by atoms with Crippen molar-refractivity contribution in [2.75, 3.05) is 5.32 Å². The number of fused-ring (bicyclic) bond motifs is 1. The van der Waals surface area contributed by atoms with Gasteiger partial charge in [0.05, 0.1) is 11.2 Å². The molecule has 1 N–H and O–H groups in total. The molecule has 2 atom stereocenters. The van der Waals surface area contributed by atoms with Gasteiger partial charge in [0.25, 0.3) is 0 Å². The van der Waals surface area contributed by atoms with Gasteiger partial charge in [-0.05, 0) is 37.0 Å². The molecule has 2 unspecified atom stereocenters. The lowest BCUT2D eigenvalue weighted by Crippen LogP contribution is -2.23. The van der Waals surface area contributed by atoms with Crippen LogP contribution in [0.25, 0.3) is 10.9 Å². The van der Waals surface area contributed by atoms with Gasteiger partial charge >= 0.3 is 0 Å². The number of rotatable bonds is 3. The summed E-state index contributed by atoms with van der Waals surface area (Å²) in [6, 6.07) is 8.55. The molecule has 1 aromatic carbocycles. The van der Waals surface area contributed by atoms with E-state index in [0.717, 1.165) is 27.5 Å². The van der Waals surface area contributed by atoms with Crippen molar-refractivity contribution in [3.05, 3.63) is 35.5 Å². The number of aromatic nitrogens is 1. The van der Waals surface area contributed by atoms with Gasteiger partial charge in [-0.1, -0.05) is 37.4 Å². The van der Waals surface area contributed by atoms with Crippen molar-refractivity contribution in [3.63, 3.8) is 0 Å². The first-order chi connectivity index (χ1) is 9.28. The van der Waals surface area contributed by atoms with E-state index in [1.54, 1.807) is 0 Å². The van der Waals surface area contributed by atoms with E-state index in [9.17, 15) is 0 Å². The summed E-state index contributed by atoms with van der Waals surface area (Å²) in [6.07, 6.45) is 6.98.